The topological polar surface area (TPSA) is 67.6 Å². The first kappa shape index (κ1) is 16.9. The second-order valence-corrected chi connectivity index (χ2v) is 7.52. The molecule has 3 N–H and O–H groups in total. The molecule has 2 fully saturated rings. The molecule has 1 aliphatic heterocycles. The van der Waals surface area contributed by atoms with E-state index in [0.29, 0.717) is 18.9 Å². The van der Waals surface area contributed by atoms with E-state index in [2.05, 4.69) is 27.7 Å². The van der Waals surface area contributed by atoms with Crippen molar-refractivity contribution in [1.29, 1.82) is 0 Å². The molecular formula is C17H27N3O2S. The summed E-state index contributed by atoms with van der Waals surface area (Å²) in [5.74, 6) is 0.501. The van der Waals surface area contributed by atoms with Crippen molar-refractivity contribution in [2.75, 3.05) is 32.8 Å². The van der Waals surface area contributed by atoms with E-state index < -0.39 is 0 Å². The van der Waals surface area contributed by atoms with Gasteiger partial charge in [-0.3, -0.25) is 9.69 Å². The number of nitrogens with zero attached hydrogens (tertiary/aromatic N) is 1. The third-order valence-electron chi connectivity index (χ3n) is 5.02. The van der Waals surface area contributed by atoms with Crippen LogP contribution < -0.4 is 11.1 Å². The molecule has 3 rings (SSSR count). The molecule has 1 aromatic heterocycles. The lowest BCUT2D eigenvalue weighted by Gasteiger charge is -2.34. The minimum atomic E-state index is 0.141. The summed E-state index contributed by atoms with van der Waals surface area (Å²) in [5.41, 5.74) is 6.08. The standard InChI is InChI=1S/C17H27N3O2S/c18-14-4-1-3-13(14)11-17(21)19-12-15(16-5-2-10-23-16)20-6-8-22-9-7-20/h2,5,10,13-15H,1,3-4,6-9,11-12,18H2,(H,19,21)/t13-,14+,15?/m0/s1. The zero-order chi connectivity index (χ0) is 16.1. The van der Waals surface area contributed by atoms with Gasteiger partial charge >= 0.3 is 0 Å². The fourth-order valence-corrected chi connectivity index (χ4v) is 4.48. The molecule has 0 bridgehead atoms. The van der Waals surface area contributed by atoms with Crippen molar-refractivity contribution in [2.24, 2.45) is 11.7 Å². The third kappa shape index (κ3) is 4.53. The van der Waals surface area contributed by atoms with Crippen molar-refractivity contribution in [1.82, 2.24) is 10.2 Å². The molecule has 0 radical (unpaired) electrons. The minimum absolute atomic E-state index is 0.141. The third-order valence-corrected chi connectivity index (χ3v) is 5.99. The van der Waals surface area contributed by atoms with E-state index in [0.717, 1.165) is 45.6 Å². The number of thiophene rings is 1. The second-order valence-electron chi connectivity index (χ2n) is 6.54. The van der Waals surface area contributed by atoms with Crippen molar-refractivity contribution in [3.63, 3.8) is 0 Å². The van der Waals surface area contributed by atoms with Crippen molar-refractivity contribution in [3.8, 4) is 0 Å². The summed E-state index contributed by atoms with van der Waals surface area (Å²) in [6, 6.07) is 4.68. The maximum absolute atomic E-state index is 12.3. The van der Waals surface area contributed by atoms with Gasteiger partial charge in [0.2, 0.25) is 5.91 Å². The Labute approximate surface area is 142 Å². The molecule has 0 spiro atoms. The second kappa shape index (κ2) is 8.24. The summed E-state index contributed by atoms with van der Waals surface area (Å²) < 4.78 is 5.45. The van der Waals surface area contributed by atoms with E-state index in [1.807, 2.05) is 0 Å². The van der Waals surface area contributed by atoms with E-state index in [1.165, 1.54) is 4.88 Å². The van der Waals surface area contributed by atoms with Crippen LogP contribution in [-0.4, -0.2) is 49.7 Å². The van der Waals surface area contributed by atoms with Gasteiger partial charge in [0, 0.05) is 37.0 Å². The van der Waals surface area contributed by atoms with Gasteiger partial charge in [0.25, 0.3) is 0 Å². The normalized spacial score (nSPS) is 27.0. The molecule has 3 atom stereocenters. The lowest BCUT2D eigenvalue weighted by molar-refractivity contribution is -0.122. The number of nitrogens with two attached hydrogens (primary N) is 1. The van der Waals surface area contributed by atoms with E-state index >= 15 is 0 Å². The first-order valence-electron chi connectivity index (χ1n) is 8.61. The van der Waals surface area contributed by atoms with E-state index in [-0.39, 0.29) is 18.0 Å². The molecule has 1 saturated heterocycles. The predicted molar refractivity (Wildman–Crippen MR) is 92.4 cm³/mol. The van der Waals surface area contributed by atoms with Gasteiger partial charge in [0.05, 0.1) is 19.3 Å². The molecule has 1 amide bonds. The summed E-state index contributed by atoms with van der Waals surface area (Å²) in [4.78, 5) is 16.0. The number of rotatable bonds is 6. The van der Waals surface area contributed by atoms with Gasteiger partial charge in [-0.1, -0.05) is 12.5 Å². The number of carbonyl (C=O) groups is 1. The van der Waals surface area contributed by atoms with Crippen molar-refractivity contribution < 1.29 is 9.53 Å². The highest BCUT2D eigenvalue weighted by molar-refractivity contribution is 7.10. The van der Waals surface area contributed by atoms with Crippen molar-refractivity contribution in [2.45, 2.75) is 37.8 Å². The largest absolute Gasteiger partial charge is 0.379 e. The van der Waals surface area contributed by atoms with Crippen LogP contribution >= 0.6 is 11.3 Å². The molecule has 1 aromatic rings. The van der Waals surface area contributed by atoms with E-state index in [1.54, 1.807) is 11.3 Å². The smallest absolute Gasteiger partial charge is 0.220 e. The van der Waals surface area contributed by atoms with E-state index in [4.69, 9.17) is 10.5 Å². The summed E-state index contributed by atoms with van der Waals surface area (Å²) in [6.07, 6.45) is 3.88. The highest BCUT2D eigenvalue weighted by atomic mass is 32.1. The first-order chi connectivity index (χ1) is 11.2. The number of hydrogen-bond acceptors (Lipinski definition) is 5. The fourth-order valence-electron chi connectivity index (χ4n) is 3.62. The Kier molecular flexibility index (Phi) is 6.05. The van der Waals surface area contributed by atoms with Gasteiger partial charge in [0.15, 0.2) is 0 Å². The molecule has 2 aliphatic rings. The highest BCUT2D eigenvalue weighted by Crippen LogP contribution is 2.28. The number of carbonyl (C=O) groups excluding carboxylic acids is 1. The first-order valence-corrected chi connectivity index (χ1v) is 9.49. The van der Waals surface area contributed by atoms with Crippen LogP contribution in [0.15, 0.2) is 17.5 Å². The Hall–Kier alpha value is -0.950. The maximum Gasteiger partial charge on any atom is 0.220 e. The van der Waals surface area contributed by atoms with Crippen molar-refractivity contribution >= 4 is 17.2 Å². The minimum Gasteiger partial charge on any atom is -0.379 e. The molecule has 2 heterocycles. The number of ether oxygens (including phenoxy) is 1. The van der Waals surface area contributed by atoms with E-state index in [9.17, 15) is 4.79 Å². The van der Waals surface area contributed by atoms with Crippen LogP contribution in [0.1, 0.15) is 36.6 Å². The van der Waals surface area contributed by atoms with Gasteiger partial charge in [-0.25, -0.2) is 0 Å². The van der Waals surface area contributed by atoms with Crippen LogP contribution in [-0.2, 0) is 9.53 Å². The number of amides is 1. The average molecular weight is 337 g/mol. The molecule has 6 heteroatoms. The van der Waals surface area contributed by atoms with Gasteiger partial charge < -0.3 is 15.8 Å². The zero-order valence-electron chi connectivity index (χ0n) is 13.6. The molecule has 0 aromatic carbocycles. The van der Waals surface area contributed by atoms with Gasteiger partial charge in [0.1, 0.15) is 0 Å². The van der Waals surface area contributed by atoms with Crippen molar-refractivity contribution in [3.05, 3.63) is 22.4 Å². The van der Waals surface area contributed by atoms with Crippen LogP contribution in [0.2, 0.25) is 0 Å². The SMILES string of the molecule is N[C@@H]1CCC[C@H]1CC(=O)NCC(c1cccs1)N1CCOCC1. The Morgan fingerprint density at radius 3 is 2.91 bits per heavy atom. The molecule has 5 nitrogen and oxygen atoms in total. The monoisotopic (exact) mass is 337 g/mol. The fraction of sp³-hybridized carbons (Fsp3) is 0.706. The molecule has 128 valence electrons. The highest BCUT2D eigenvalue weighted by Gasteiger charge is 2.27. The maximum atomic E-state index is 12.3. The van der Waals surface area contributed by atoms with Crippen LogP contribution in [0.25, 0.3) is 0 Å². The Morgan fingerprint density at radius 2 is 2.26 bits per heavy atom. The average Bonchev–Trinajstić information content (AvgIpc) is 3.22. The lowest BCUT2D eigenvalue weighted by atomic mass is 10.00. The molecule has 1 saturated carbocycles. The molecule has 23 heavy (non-hydrogen) atoms. The summed E-state index contributed by atoms with van der Waals surface area (Å²) in [5, 5.41) is 5.24. The summed E-state index contributed by atoms with van der Waals surface area (Å²) in [7, 11) is 0. The van der Waals surface area contributed by atoms with Gasteiger partial charge in [-0.15, -0.1) is 11.3 Å². The van der Waals surface area contributed by atoms with Crippen LogP contribution in [0.4, 0.5) is 0 Å². The quantitative estimate of drug-likeness (QED) is 0.830. The van der Waals surface area contributed by atoms with Crippen LogP contribution in [0, 0.1) is 5.92 Å². The summed E-state index contributed by atoms with van der Waals surface area (Å²) in [6.45, 7) is 4.05. The molecule has 1 aliphatic carbocycles. The number of morpholine rings is 1. The Bertz CT molecular complexity index is 488. The van der Waals surface area contributed by atoms with Crippen LogP contribution in [0.3, 0.4) is 0 Å². The number of hydrogen-bond donors (Lipinski definition) is 2. The van der Waals surface area contributed by atoms with Gasteiger partial charge in [-0.2, -0.15) is 0 Å². The Morgan fingerprint density at radius 1 is 1.43 bits per heavy atom. The predicted octanol–water partition coefficient (Wildman–Crippen LogP) is 1.76. The van der Waals surface area contributed by atoms with Gasteiger partial charge in [-0.05, 0) is 30.2 Å². The zero-order valence-corrected chi connectivity index (χ0v) is 14.4. The number of nitrogens with one attached hydrogen (secondary N) is 1. The summed E-state index contributed by atoms with van der Waals surface area (Å²) >= 11 is 1.76. The van der Waals surface area contributed by atoms with Crippen LogP contribution in [0.5, 0.6) is 0 Å². The molecular weight excluding hydrogens is 310 g/mol. The Balaban J connectivity index is 1.54. The molecule has 1 unspecified atom stereocenters. The lowest BCUT2D eigenvalue weighted by Crippen LogP contribution is -2.44.